The molecule has 3 heterocycles. The molecule has 2 aromatic heterocycles. The number of aryl methyl sites for hydroxylation is 2. The lowest BCUT2D eigenvalue weighted by Crippen LogP contribution is -2.43. The SMILES string of the molecule is O=C(NCc1cccnc1-n1cccn1)C1CCN(S(=O)(=O)c2ccc3c(c2)CCCC3)CC1. The van der Waals surface area contributed by atoms with Crippen molar-refractivity contribution in [2.24, 2.45) is 5.92 Å². The number of aromatic nitrogens is 3. The van der Waals surface area contributed by atoms with Gasteiger partial charge < -0.3 is 5.32 Å². The summed E-state index contributed by atoms with van der Waals surface area (Å²) in [5, 5.41) is 7.23. The monoisotopic (exact) mass is 479 g/mol. The van der Waals surface area contributed by atoms with Gasteiger partial charge in [0.05, 0.1) is 4.90 Å². The van der Waals surface area contributed by atoms with Crippen molar-refractivity contribution in [1.29, 1.82) is 0 Å². The molecule has 0 spiro atoms. The first-order valence-electron chi connectivity index (χ1n) is 11.9. The lowest BCUT2D eigenvalue weighted by molar-refractivity contribution is -0.126. The normalized spacial score (nSPS) is 17.3. The molecule has 0 unspecified atom stereocenters. The Hall–Kier alpha value is -3.04. The molecular weight excluding hydrogens is 450 g/mol. The summed E-state index contributed by atoms with van der Waals surface area (Å²) in [7, 11) is -3.55. The van der Waals surface area contributed by atoms with E-state index in [0.717, 1.165) is 30.4 Å². The standard InChI is InChI=1S/C25H29N5O3S/c31-25(27-18-22-7-3-12-26-24(22)30-14-4-13-28-30)20-10-15-29(16-11-20)34(32,33)23-9-8-19-5-1-2-6-21(19)17-23/h3-4,7-9,12-14,17,20H,1-2,5-6,10-11,15-16,18H2,(H,27,31). The van der Waals surface area contributed by atoms with E-state index in [4.69, 9.17) is 0 Å². The van der Waals surface area contributed by atoms with Gasteiger partial charge >= 0.3 is 0 Å². The van der Waals surface area contributed by atoms with E-state index in [-0.39, 0.29) is 11.8 Å². The summed E-state index contributed by atoms with van der Waals surface area (Å²) in [5.74, 6) is 0.416. The highest BCUT2D eigenvalue weighted by atomic mass is 32.2. The van der Waals surface area contributed by atoms with Crippen LogP contribution in [0.3, 0.4) is 0 Å². The van der Waals surface area contributed by atoms with Crippen molar-refractivity contribution in [3.05, 3.63) is 71.7 Å². The first-order chi connectivity index (χ1) is 16.5. The van der Waals surface area contributed by atoms with Crippen LogP contribution in [-0.2, 0) is 34.2 Å². The molecule has 34 heavy (non-hydrogen) atoms. The van der Waals surface area contributed by atoms with E-state index >= 15 is 0 Å². The average Bonchev–Trinajstić information content (AvgIpc) is 3.42. The van der Waals surface area contributed by atoms with Crippen LogP contribution in [-0.4, -0.2) is 46.5 Å². The summed E-state index contributed by atoms with van der Waals surface area (Å²) < 4.78 is 29.6. The predicted molar refractivity (Wildman–Crippen MR) is 128 cm³/mol. The van der Waals surface area contributed by atoms with Crippen molar-refractivity contribution in [3.8, 4) is 5.82 Å². The molecule has 1 saturated heterocycles. The van der Waals surface area contributed by atoms with Crippen molar-refractivity contribution in [1.82, 2.24) is 24.4 Å². The molecule has 3 aromatic rings. The smallest absolute Gasteiger partial charge is 0.243 e. The molecule has 1 aromatic carbocycles. The van der Waals surface area contributed by atoms with Gasteiger partial charge in [-0.25, -0.2) is 18.1 Å². The number of nitrogens with zero attached hydrogens (tertiary/aromatic N) is 4. The van der Waals surface area contributed by atoms with Crippen LogP contribution in [0.2, 0.25) is 0 Å². The Morgan fingerprint density at radius 2 is 1.82 bits per heavy atom. The number of benzene rings is 1. The lowest BCUT2D eigenvalue weighted by atomic mass is 9.92. The zero-order valence-electron chi connectivity index (χ0n) is 19.1. The third-order valence-electron chi connectivity index (χ3n) is 6.82. The van der Waals surface area contributed by atoms with E-state index in [0.29, 0.717) is 43.2 Å². The number of piperidine rings is 1. The van der Waals surface area contributed by atoms with E-state index in [2.05, 4.69) is 15.4 Å². The van der Waals surface area contributed by atoms with Crippen molar-refractivity contribution in [3.63, 3.8) is 0 Å². The maximum absolute atomic E-state index is 13.2. The van der Waals surface area contributed by atoms with Gasteiger partial charge in [-0.2, -0.15) is 9.40 Å². The number of pyridine rings is 1. The van der Waals surface area contributed by atoms with Gasteiger partial charge in [0.1, 0.15) is 0 Å². The first kappa shape index (κ1) is 22.7. The molecule has 0 atom stereocenters. The molecule has 1 fully saturated rings. The minimum absolute atomic E-state index is 0.0545. The number of hydrogen-bond acceptors (Lipinski definition) is 5. The molecule has 8 nitrogen and oxygen atoms in total. The van der Waals surface area contributed by atoms with Crippen LogP contribution in [0, 0.1) is 5.92 Å². The molecule has 178 valence electrons. The van der Waals surface area contributed by atoms with Gasteiger partial charge in [0, 0.05) is 49.7 Å². The molecule has 0 bridgehead atoms. The van der Waals surface area contributed by atoms with Gasteiger partial charge in [0.25, 0.3) is 0 Å². The molecule has 5 rings (SSSR count). The Balaban J connectivity index is 1.19. The summed E-state index contributed by atoms with van der Waals surface area (Å²) in [5.41, 5.74) is 3.29. The second-order valence-corrected chi connectivity index (χ2v) is 10.9. The lowest BCUT2D eigenvalue weighted by Gasteiger charge is -2.31. The molecule has 1 aliphatic heterocycles. The van der Waals surface area contributed by atoms with Crippen molar-refractivity contribution < 1.29 is 13.2 Å². The number of fused-ring (bicyclic) bond motifs is 1. The van der Waals surface area contributed by atoms with Gasteiger partial charge in [-0.05, 0) is 73.9 Å². The first-order valence-corrected chi connectivity index (χ1v) is 13.3. The van der Waals surface area contributed by atoms with E-state index < -0.39 is 10.0 Å². The van der Waals surface area contributed by atoms with Crippen LogP contribution in [0.5, 0.6) is 0 Å². The number of amides is 1. The zero-order chi connectivity index (χ0) is 23.5. The van der Waals surface area contributed by atoms with Crippen LogP contribution in [0.4, 0.5) is 0 Å². The number of carbonyl (C=O) groups is 1. The van der Waals surface area contributed by atoms with Crippen molar-refractivity contribution in [2.75, 3.05) is 13.1 Å². The summed E-state index contributed by atoms with van der Waals surface area (Å²) in [6.07, 6.45) is 10.5. The number of nitrogens with one attached hydrogen (secondary N) is 1. The summed E-state index contributed by atoms with van der Waals surface area (Å²) in [6, 6.07) is 11.1. The molecule has 1 N–H and O–H groups in total. The molecule has 9 heteroatoms. The fourth-order valence-electron chi connectivity index (χ4n) is 4.87. The molecular formula is C25H29N5O3S. The maximum Gasteiger partial charge on any atom is 0.243 e. The molecule has 1 aliphatic carbocycles. The number of carbonyl (C=O) groups excluding carboxylic acids is 1. The van der Waals surface area contributed by atoms with Crippen molar-refractivity contribution in [2.45, 2.75) is 50.0 Å². The second-order valence-electron chi connectivity index (χ2n) is 8.97. The van der Waals surface area contributed by atoms with Crippen LogP contribution in [0.15, 0.2) is 59.9 Å². The maximum atomic E-state index is 13.2. The van der Waals surface area contributed by atoms with Crippen LogP contribution in [0.1, 0.15) is 42.4 Å². The third kappa shape index (κ3) is 4.63. The third-order valence-corrected chi connectivity index (χ3v) is 8.72. The van der Waals surface area contributed by atoms with Crippen molar-refractivity contribution >= 4 is 15.9 Å². The van der Waals surface area contributed by atoms with Gasteiger partial charge in [-0.1, -0.05) is 12.1 Å². The Morgan fingerprint density at radius 1 is 1.03 bits per heavy atom. The number of sulfonamides is 1. The largest absolute Gasteiger partial charge is 0.352 e. The molecule has 0 radical (unpaired) electrons. The van der Waals surface area contributed by atoms with E-state index in [1.807, 2.05) is 36.5 Å². The molecule has 1 amide bonds. The van der Waals surface area contributed by atoms with Gasteiger partial charge in [-0.3, -0.25) is 4.79 Å². The highest BCUT2D eigenvalue weighted by Gasteiger charge is 2.32. The summed E-state index contributed by atoms with van der Waals surface area (Å²) in [6.45, 7) is 1.04. The van der Waals surface area contributed by atoms with Gasteiger partial charge in [0.2, 0.25) is 15.9 Å². The molecule has 2 aliphatic rings. The topological polar surface area (TPSA) is 97.2 Å². The van der Waals surface area contributed by atoms with Gasteiger partial charge in [0.15, 0.2) is 5.82 Å². The molecule has 0 saturated carbocycles. The highest BCUT2D eigenvalue weighted by molar-refractivity contribution is 7.89. The Labute approximate surface area is 200 Å². The number of rotatable bonds is 6. The van der Waals surface area contributed by atoms with E-state index in [1.54, 1.807) is 23.1 Å². The van der Waals surface area contributed by atoms with Crippen LogP contribution >= 0.6 is 0 Å². The summed E-state index contributed by atoms with van der Waals surface area (Å²) in [4.78, 5) is 17.6. The number of hydrogen-bond donors (Lipinski definition) is 1. The summed E-state index contributed by atoms with van der Waals surface area (Å²) >= 11 is 0. The van der Waals surface area contributed by atoms with Gasteiger partial charge in [-0.15, -0.1) is 0 Å². The zero-order valence-corrected chi connectivity index (χ0v) is 19.9. The fraction of sp³-hybridized carbons (Fsp3) is 0.400. The Kier molecular flexibility index (Phi) is 6.47. The quantitative estimate of drug-likeness (QED) is 0.586. The van der Waals surface area contributed by atoms with Crippen LogP contribution in [0.25, 0.3) is 5.82 Å². The predicted octanol–water partition coefficient (Wildman–Crippen LogP) is 2.86. The Bertz CT molecular complexity index is 1270. The fourth-order valence-corrected chi connectivity index (χ4v) is 6.39. The minimum atomic E-state index is -3.55. The van der Waals surface area contributed by atoms with E-state index in [9.17, 15) is 13.2 Å². The minimum Gasteiger partial charge on any atom is -0.352 e. The van der Waals surface area contributed by atoms with Crippen LogP contribution < -0.4 is 5.32 Å². The highest BCUT2D eigenvalue weighted by Crippen LogP contribution is 2.28. The Morgan fingerprint density at radius 3 is 2.59 bits per heavy atom. The van der Waals surface area contributed by atoms with E-state index in [1.165, 1.54) is 16.3 Å². The average molecular weight is 480 g/mol. The second kappa shape index (κ2) is 9.68.